The molecule has 0 amide bonds. The van der Waals surface area contributed by atoms with Gasteiger partial charge in [0.15, 0.2) is 0 Å². The minimum atomic E-state index is -1.18. The number of carbonyl (C=O) groups is 1. The van der Waals surface area contributed by atoms with E-state index in [1.165, 1.54) is 48.9 Å². The molecule has 1 aliphatic rings. The van der Waals surface area contributed by atoms with Crippen LogP contribution in [0.3, 0.4) is 0 Å². The molecule has 0 aromatic heterocycles. The molecule has 88 valence electrons. The summed E-state index contributed by atoms with van der Waals surface area (Å²) in [4.78, 5) is 10.2. The van der Waals surface area contributed by atoms with Gasteiger partial charge < -0.3 is 15.5 Å². The fourth-order valence-corrected chi connectivity index (χ4v) is 2.09. The fraction of sp³-hybridized carbons (Fsp3) is 0.364. The van der Waals surface area contributed by atoms with Crippen LogP contribution < -0.4 is 10.4 Å². The van der Waals surface area contributed by atoms with Crippen LogP contribution in [0.25, 0.3) is 0 Å². The minimum Gasteiger partial charge on any atom is -0.872 e. The van der Waals surface area contributed by atoms with Crippen LogP contribution >= 0.6 is 11.8 Å². The summed E-state index contributed by atoms with van der Waals surface area (Å²) in [6, 6.07) is 5.54. The van der Waals surface area contributed by atoms with Crippen LogP contribution in [0.15, 0.2) is 24.3 Å². The van der Waals surface area contributed by atoms with Gasteiger partial charge in [0.1, 0.15) is 0 Å². The minimum absolute atomic E-state index is 0.178. The number of carboxylic acid groups (broad SMARTS) is 1. The molecule has 1 saturated heterocycles. The number of para-hydroxylation sites is 1. The van der Waals surface area contributed by atoms with Gasteiger partial charge >= 0.3 is 5.97 Å². The molecule has 16 heavy (non-hydrogen) atoms. The topological polar surface area (TPSA) is 77.0 Å². The average Bonchev–Trinajstić information content (AvgIpc) is 2.32. The van der Waals surface area contributed by atoms with E-state index in [-0.39, 0.29) is 5.56 Å². The lowest BCUT2D eigenvalue weighted by Crippen LogP contribution is -2.86. The number of quaternary nitrogens is 1. The Morgan fingerprint density at radius 3 is 2.25 bits per heavy atom. The summed E-state index contributed by atoms with van der Waals surface area (Å²) in [6.45, 7) is 2.68. The number of aromatic carboxylic acids is 1. The number of thioether (sulfide) groups is 1. The van der Waals surface area contributed by atoms with Crippen molar-refractivity contribution in [1.29, 1.82) is 0 Å². The van der Waals surface area contributed by atoms with E-state index in [1.54, 1.807) is 0 Å². The average molecular weight is 241 g/mol. The molecule has 1 aliphatic heterocycles. The molecule has 0 unspecified atom stereocenters. The number of hydrogen-bond donors (Lipinski definition) is 2. The molecule has 0 aliphatic carbocycles. The molecule has 0 radical (unpaired) electrons. The predicted octanol–water partition coefficient (Wildman–Crippen LogP) is -0.245. The molecular weight excluding hydrogens is 226 g/mol. The predicted molar refractivity (Wildman–Crippen MR) is 61.8 cm³/mol. The van der Waals surface area contributed by atoms with Crippen molar-refractivity contribution in [3.8, 4) is 5.75 Å². The third-order valence-corrected chi connectivity index (χ3v) is 3.10. The lowest BCUT2D eigenvalue weighted by atomic mass is 10.2. The zero-order valence-corrected chi connectivity index (χ0v) is 9.70. The van der Waals surface area contributed by atoms with Gasteiger partial charge in [0, 0.05) is 11.5 Å². The van der Waals surface area contributed by atoms with Gasteiger partial charge in [-0.05, 0) is 6.07 Å². The van der Waals surface area contributed by atoms with Crippen molar-refractivity contribution in [2.75, 3.05) is 24.6 Å². The van der Waals surface area contributed by atoms with Gasteiger partial charge in [-0.25, -0.2) is 4.79 Å². The molecule has 0 saturated carbocycles. The first-order valence-corrected chi connectivity index (χ1v) is 6.26. The normalized spacial score (nSPS) is 14.8. The SMILES string of the molecule is C1CSCC[NH2+]1.O=C(O)c1ccccc1[O-]. The molecular formula is C11H15NO3S. The first kappa shape index (κ1) is 12.9. The summed E-state index contributed by atoms with van der Waals surface area (Å²) in [5.41, 5.74) is -0.178. The molecule has 1 aromatic carbocycles. The van der Waals surface area contributed by atoms with Gasteiger partial charge in [-0.2, -0.15) is 11.8 Å². The van der Waals surface area contributed by atoms with Crippen LogP contribution in [0, 0.1) is 0 Å². The molecule has 0 spiro atoms. The molecule has 1 aromatic rings. The quantitative estimate of drug-likeness (QED) is 0.711. The van der Waals surface area contributed by atoms with Crippen LogP contribution in [-0.2, 0) is 0 Å². The van der Waals surface area contributed by atoms with E-state index >= 15 is 0 Å². The highest BCUT2D eigenvalue weighted by Crippen LogP contribution is 2.10. The lowest BCUT2D eigenvalue weighted by Gasteiger charge is -2.07. The Hall–Kier alpha value is -1.20. The molecule has 5 heteroatoms. The van der Waals surface area contributed by atoms with Gasteiger partial charge in [-0.1, -0.05) is 23.9 Å². The Labute approximate surface area is 98.7 Å². The summed E-state index contributed by atoms with van der Waals surface area (Å²) < 4.78 is 0. The van der Waals surface area contributed by atoms with Crippen LogP contribution in [0.5, 0.6) is 5.75 Å². The summed E-state index contributed by atoms with van der Waals surface area (Å²) in [7, 11) is 0. The smallest absolute Gasteiger partial charge is 0.335 e. The second kappa shape index (κ2) is 7.14. The highest BCUT2D eigenvalue weighted by atomic mass is 32.2. The van der Waals surface area contributed by atoms with E-state index in [0.29, 0.717) is 0 Å². The maximum atomic E-state index is 10.7. The highest BCUT2D eigenvalue weighted by Gasteiger charge is 1.99. The summed E-state index contributed by atoms with van der Waals surface area (Å²) in [5, 5.41) is 21.4. The molecule has 1 heterocycles. The van der Waals surface area contributed by atoms with Gasteiger partial charge in [-0.15, -0.1) is 0 Å². The van der Waals surface area contributed by atoms with Gasteiger partial charge in [0.25, 0.3) is 0 Å². The van der Waals surface area contributed by atoms with E-state index < -0.39 is 11.7 Å². The molecule has 3 N–H and O–H groups in total. The van der Waals surface area contributed by atoms with Crippen molar-refractivity contribution in [2.24, 2.45) is 0 Å². The summed E-state index contributed by atoms with van der Waals surface area (Å²) in [5.74, 6) is 1.10. The van der Waals surface area contributed by atoms with Crippen LogP contribution in [0.1, 0.15) is 10.4 Å². The number of hydrogen-bond acceptors (Lipinski definition) is 3. The van der Waals surface area contributed by atoms with Gasteiger partial charge in [-0.3, -0.25) is 0 Å². The Kier molecular flexibility index (Phi) is 5.74. The van der Waals surface area contributed by atoms with E-state index in [2.05, 4.69) is 17.1 Å². The summed E-state index contributed by atoms with van der Waals surface area (Å²) >= 11 is 2.06. The second-order valence-electron chi connectivity index (χ2n) is 3.28. The largest absolute Gasteiger partial charge is 0.872 e. The van der Waals surface area contributed by atoms with Crippen molar-refractivity contribution in [2.45, 2.75) is 0 Å². The second-order valence-corrected chi connectivity index (χ2v) is 4.50. The number of carboxylic acids is 1. The highest BCUT2D eigenvalue weighted by molar-refractivity contribution is 7.99. The third kappa shape index (κ3) is 4.55. The van der Waals surface area contributed by atoms with E-state index in [9.17, 15) is 9.90 Å². The molecule has 0 bridgehead atoms. The third-order valence-electron chi connectivity index (χ3n) is 2.05. The number of nitrogens with two attached hydrogens (primary N) is 1. The van der Waals surface area contributed by atoms with Crippen LogP contribution in [-0.4, -0.2) is 35.7 Å². The van der Waals surface area contributed by atoms with Crippen molar-refractivity contribution >= 4 is 17.7 Å². The Morgan fingerprint density at radius 1 is 1.31 bits per heavy atom. The fourth-order valence-electron chi connectivity index (χ4n) is 1.22. The number of rotatable bonds is 1. The summed E-state index contributed by atoms with van der Waals surface area (Å²) in [6.07, 6.45) is 0. The van der Waals surface area contributed by atoms with Crippen molar-refractivity contribution in [3.63, 3.8) is 0 Å². The van der Waals surface area contributed by atoms with Crippen molar-refractivity contribution in [3.05, 3.63) is 29.8 Å². The van der Waals surface area contributed by atoms with Crippen LogP contribution in [0.2, 0.25) is 0 Å². The van der Waals surface area contributed by atoms with Gasteiger partial charge in [0.05, 0.1) is 18.7 Å². The first-order valence-electron chi connectivity index (χ1n) is 5.10. The Balaban J connectivity index is 0.000000181. The van der Waals surface area contributed by atoms with E-state index in [1.807, 2.05) is 0 Å². The standard InChI is InChI=1S/C7H6O3.C4H9NS/c8-6-4-2-1-3-5(6)7(9)10;1-3-6-4-2-5-1/h1-4,8H,(H,9,10);5H,1-4H2. The van der Waals surface area contributed by atoms with Crippen LogP contribution in [0.4, 0.5) is 0 Å². The molecule has 1 fully saturated rings. The van der Waals surface area contributed by atoms with Crippen molar-refractivity contribution in [1.82, 2.24) is 0 Å². The van der Waals surface area contributed by atoms with E-state index in [4.69, 9.17) is 5.11 Å². The van der Waals surface area contributed by atoms with Gasteiger partial charge in [0.2, 0.25) is 0 Å². The first-order chi connectivity index (χ1) is 7.72. The molecule has 2 rings (SSSR count). The lowest BCUT2D eigenvalue weighted by molar-refractivity contribution is -0.648. The van der Waals surface area contributed by atoms with Crippen molar-refractivity contribution < 1.29 is 20.3 Å². The monoisotopic (exact) mass is 241 g/mol. The molecule has 4 nitrogen and oxygen atoms in total. The van der Waals surface area contributed by atoms with E-state index in [0.717, 1.165) is 0 Å². The zero-order valence-electron chi connectivity index (χ0n) is 8.89. The maximum Gasteiger partial charge on any atom is 0.335 e. The Bertz CT molecular complexity index is 328. The maximum absolute atomic E-state index is 10.7. The molecule has 0 atom stereocenters. The Morgan fingerprint density at radius 2 is 1.94 bits per heavy atom. The zero-order chi connectivity index (χ0) is 11.8. The number of benzene rings is 1.